The Hall–Kier alpha value is 0.380. The molecule has 0 aromatic carbocycles. The van der Waals surface area contributed by atoms with Crippen molar-refractivity contribution in [1.29, 1.82) is 0 Å². The standard InChI is InChI=1S/C6H5BrINOS/c7-4-1-5(11-3-4)2-6(10)9-8/h1,3H,2H2,(H,9,10). The number of thiophene rings is 1. The Morgan fingerprint density at radius 3 is 3.00 bits per heavy atom. The Labute approximate surface area is 91.0 Å². The molecule has 0 saturated carbocycles. The van der Waals surface area contributed by atoms with Crippen LogP contribution in [0.2, 0.25) is 0 Å². The van der Waals surface area contributed by atoms with Gasteiger partial charge in [0.05, 0.1) is 29.3 Å². The topological polar surface area (TPSA) is 29.1 Å². The summed E-state index contributed by atoms with van der Waals surface area (Å²) >= 11 is 6.74. The molecule has 0 unspecified atom stereocenters. The number of hydrogen-bond donors (Lipinski definition) is 1. The van der Waals surface area contributed by atoms with Gasteiger partial charge in [-0.05, 0) is 22.0 Å². The summed E-state index contributed by atoms with van der Waals surface area (Å²) in [6.07, 6.45) is 0.471. The van der Waals surface area contributed by atoms with Crippen molar-refractivity contribution in [1.82, 2.24) is 3.53 Å². The molecule has 0 spiro atoms. The maximum atomic E-state index is 10.9. The first-order valence-corrected chi connectivity index (χ1v) is 5.60. The first-order chi connectivity index (χ1) is 5.22. The minimum Gasteiger partial charge on any atom is -0.298 e. The highest BCUT2D eigenvalue weighted by atomic mass is 127. The molecule has 0 saturated heterocycles. The number of carbonyl (C=O) groups is 1. The number of hydrogen-bond acceptors (Lipinski definition) is 2. The van der Waals surface area contributed by atoms with Gasteiger partial charge in [-0.15, -0.1) is 11.3 Å². The molecule has 0 aliphatic heterocycles. The second-order valence-electron chi connectivity index (χ2n) is 1.93. The fraction of sp³-hybridized carbons (Fsp3) is 0.167. The molecular weight excluding hydrogens is 341 g/mol. The van der Waals surface area contributed by atoms with E-state index in [-0.39, 0.29) is 5.91 Å². The minimum absolute atomic E-state index is 0.0416. The van der Waals surface area contributed by atoms with Crippen LogP contribution in [-0.4, -0.2) is 5.91 Å². The lowest BCUT2D eigenvalue weighted by Crippen LogP contribution is -2.13. The van der Waals surface area contributed by atoms with E-state index in [9.17, 15) is 4.79 Å². The SMILES string of the molecule is O=C(Cc1cc(Br)cs1)NI. The van der Waals surface area contributed by atoms with E-state index >= 15 is 0 Å². The van der Waals surface area contributed by atoms with Gasteiger partial charge in [0.2, 0.25) is 5.91 Å². The summed E-state index contributed by atoms with van der Waals surface area (Å²) in [7, 11) is 0. The van der Waals surface area contributed by atoms with Crippen LogP contribution < -0.4 is 3.53 Å². The summed E-state index contributed by atoms with van der Waals surface area (Å²) in [5.74, 6) is 0.0416. The Kier molecular flexibility index (Phi) is 3.80. The molecule has 1 amide bonds. The molecule has 0 bridgehead atoms. The van der Waals surface area contributed by atoms with E-state index in [0.717, 1.165) is 9.35 Å². The van der Waals surface area contributed by atoms with Crippen molar-refractivity contribution < 1.29 is 4.79 Å². The molecule has 1 aromatic rings. The maximum Gasteiger partial charge on any atom is 0.233 e. The Morgan fingerprint density at radius 1 is 1.82 bits per heavy atom. The normalized spacial score (nSPS) is 9.64. The van der Waals surface area contributed by atoms with Crippen molar-refractivity contribution in [2.24, 2.45) is 0 Å². The lowest BCUT2D eigenvalue weighted by Gasteiger charge is -1.92. The average molecular weight is 346 g/mol. The number of nitrogens with one attached hydrogen (secondary N) is 1. The summed E-state index contributed by atoms with van der Waals surface area (Å²) in [5.41, 5.74) is 0. The second kappa shape index (κ2) is 4.42. The molecular formula is C6H5BrINOS. The molecule has 60 valence electrons. The Morgan fingerprint density at radius 2 is 2.55 bits per heavy atom. The molecule has 1 N–H and O–H groups in total. The van der Waals surface area contributed by atoms with E-state index in [0.29, 0.717) is 6.42 Å². The largest absolute Gasteiger partial charge is 0.298 e. The fourth-order valence-electron chi connectivity index (χ4n) is 0.638. The van der Waals surface area contributed by atoms with Crippen LogP contribution >= 0.6 is 50.1 Å². The summed E-state index contributed by atoms with van der Waals surface area (Å²) in [6.45, 7) is 0. The van der Waals surface area contributed by atoms with Gasteiger partial charge in [0.1, 0.15) is 0 Å². The molecule has 0 aliphatic rings. The van der Waals surface area contributed by atoms with Gasteiger partial charge >= 0.3 is 0 Å². The lowest BCUT2D eigenvalue weighted by molar-refractivity contribution is -0.118. The summed E-state index contributed by atoms with van der Waals surface area (Å²) in [4.78, 5) is 11.9. The third kappa shape index (κ3) is 3.08. The van der Waals surface area contributed by atoms with E-state index in [2.05, 4.69) is 19.5 Å². The smallest absolute Gasteiger partial charge is 0.233 e. The predicted molar refractivity (Wildman–Crippen MR) is 57.9 cm³/mol. The lowest BCUT2D eigenvalue weighted by atomic mass is 10.3. The predicted octanol–water partition coefficient (Wildman–Crippen LogP) is 2.52. The molecule has 0 atom stereocenters. The highest BCUT2D eigenvalue weighted by Gasteiger charge is 2.02. The van der Waals surface area contributed by atoms with Crippen molar-refractivity contribution in [3.8, 4) is 0 Å². The number of halogens is 2. The molecule has 0 radical (unpaired) electrons. The second-order valence-corrected chi connectivity index (χ2v) is 4.38. The summed E-state index contributed by atoms with van der Waals surface area (Å²) < 4.78 is 3.59. The molecule has 5 heteroatoms. The van der Waals surface area contributed by atoms with Crippen molar-refractivity contribution in [3.63, 3.8) is 0 Å². The van der Waals surface area contributed by atoms with Gasteiger partial charge in [-0.2, -0.15) is 0 Å². The van der Waals surface area contributed by atoms with Crippen LogP contribution in [0.25, 0.3) is 0 Å². The zero-order chi connectivity index (χ0) is 8.27. The van der Waals surface area contributed by atoms with E-state index < -0.39 is 0 Å². The third-order valence-electron chi connectivity index (χ3n) is 1.06. The first-order valence-electron chi connectivity index (χ1n) is 2.85. The van der Waals surface area contributed by atoms with Crippen molar-refractivity contribution in [3.05, 3.63) is 20.8 Å². The van der Waals surface area contributed by atoms with E-state index in [1.165, 1.54) is 0 Å². The van der Waals surface area contributed by atoms with Crippen molar-refractivity contribution in [2.45, 2.75) is 6.42 Å². The number of carbonyl (C=O) groups excluding carboxylic acids is 1. The van der Waals surface area contributed by atoms with E-state index in [1.54, 1.807) is 11.3 Å². The van der Waals surface area contributed by atoms with Crippen LogP contribution in [0, 0.1) is 0 Å². The molecule has 0 aliphatic carbocycles. The molecule has 1 rings (SSSR count). The van der Waals surface area contributed by atoms with Gasteiger partial charge in [-0.3, -0.25) is 8.32 Å². The minimum atomic E-state index is 0.0416. The molecule has 2 nitrogen and oxygen atoms in total. The van der Waals surface area contributed by atoms with Gasteiger partial charge in [0.15, 0.2) is 0 Å². The quantitative estimate of drug-likeness (QED) is 0.647. The number of rotatable bonds is 2. The van der Waals surface area contributed by atoms with E-state index in [4.69, 9.17) is 0 Å². The van der Waals surface area contributed by atoms with Gasteiger partial charge in [-0.25, -0.2) is 0 Å². The van der Waals surface area contributed by atoms with Crippen LogP contribution in [-0.2, 0) is 11.2 Å². The van der Waals surface area contributed by atoms with Crippen LogP contribution in [0.1, 0.15) is 4.88 Å². The van der Waals surface area contributed by atoms with Crippen LogP contribution in [0.15, 0.2) is 15.9 Å². The van der Waals surface area contributed by atoms with Gasteiger partial charge in [-0.1, -0.05) is 0 Å². The monoisotopic (exact) mass is 345 g/mol. The highest BCUT2D eigenvalue weighted by molar-refractivity contribution is 14.1. The average Bonchev–Trinajstić information content (AvgIpc) is 2.35. The number of amides is 1. The highest BCUT2D eigenvalue weighted by Crippen LogP contribution is 2.19. The van der Waals surface area contributed by atoms with Gasteiger partial charge in [0, 0.05) is 14.7 Å². The maximum absolute atomic E-state index is 10.9. The van der Waals surface area contributed by atoms with E-state index in [1.807, 2.05) is 34.3 Å². The Balaban J connectivity index is 2.57. The first kappa shape index (κ1) is 9.47. The fourth-order valence-corrected chi connectivity index (χ4v) is 2.28. The van der Waals surface area contributed by atoms with Gasteiger partial charge in [0.25, 0.3) is 0 Å². The zero-order valence-electron chi connectivity index (χ0n) is 5.43. The van der Waals surface area contributed by atoms with Crippen molar-refractivity contribution in [2.75, 3.05) is 0 Å². The molecule has 1 aromatic heterocycles. The van der Waals surface area contributed by atoms with Gasteiger partial charge < -0.3 is 0 Å². The Bertz CT molecular complexity index is 263. The van der Waals surface area contributed by atoms with Crippen LogP contribution in [0.5, 0.6) is 0 Å². The molecule has 11 heavy (non-hydrogen) atoms. The molecule has 0 fully saturated rings. The van der Waals surface area contributed by atoms with Crippen LogP contribution in [0.4, 0.5) is 0 Å². The summed E-state index contributed by atoms with van der Waals surface area (Å²) in [6, 6.07) is 1.95. The summed E-state index contributed by atoms with van der Waals surface area (Å²) in [5, 5.41) is 1.97. The van der Waals surface area contributed by atoms with Crippen molar-refractivity contribution >= 4 is 56.0 Å². The van der Waals surface area contributed by atoms with Crippen LogP contribution in [0.3, 0.4) is 0 Å². The molecule has 1 heterocycles. The zero-order valence-corrected chi connectivity index (χ0v) is 9.99. The third-order valence-corrected chi connectivity index (χ3v) is 3.36.